The van der Waals surface area contributed by atoms with E-state index >= 15 is 0 Å². The van der Waals surface area contributed by atoms with Crippen molar-refractivity contribution < 1.29 is 13.9 Å². The van der Waals surface area contributed by atoms with Crippen molar-refractivity contribution in [2.45, 2.75) is 18.9 Å². The minimum absolute atomic E-state index is 0.158. The predicted molar refractivity (Wildman–Crippen MR) is 103 cm³/mol. The molecule has 1 heterocycles. The fourth-order valence-corrected chi connectivity index (χ4v) is 3.30. The van der Waals surface area contributed by atoms with Crippen molar-refractivity contribution in [1.29, 1.82) is 0 Å². The Morgan fingerprint density at radius 1 is 1.19 bits per heavy atom. The Morgan fingerprint density at radius 3 is 2.69 bits per heavy atom. The third-order valence-electron chi connectivity index (χ3n) is 3.71. The standard InChI is InChI=1S/C20H19FN2O2S/c1-3-25-17-8-9-18-14(11-17)10-13(2)20(23-18)26-12-19(24)22-16-6-4-15(21)5-7-16/h4-11H,3,12H2,1-2H3,(H,22,24). The van der Waals surface area contributed by atoms with Crippen molar-refractivity contribution >= 4 is 34.3 Å². The quantitative estimate of drug-likeness (QED) is 0.633. The minimum Gasteiger partial charge on any atom is -0.494 e. The lowest BCUT2D eigenvalue weighted by Gasteiger charge is -2.09. The second-order valence-electron chi connectivity index (χ2n) is 5.74. The first kappa shape index (κ1) is 18.2. The number of rotatable bonds is 6. The van der Waals surface area contributed by atoms with Crippen LogP contribution in [0.5, 0.6) is 5.75 Å². The molecule has 26 heavy (non-hydrogen) atoms. The number of pyridine rings is 1. The topological polar surface area (TPSA) is 51.2 Å². The summed E-state index contributed by atoms with van der Waals surface area (Å²) in [4.78, 5) is 16.7. The van der Waals surface area contributed by atoms with Crippen molar-refractivity contribution in [3.05, 3.63) is 59.9 Å². The Kier molecular flexibility index (Phi) is 5.73. The number of aryl methyl sites for hydroxylation is 1. The normalized spacial score (nSPS) is 10.7. The molecule has 1 amide bonds. The van der Waals surface area contributed by atoms with Gasteiger partial charge in [0, 0.05) is 11.1 Å². The van der Waals surface area contributed by atoms with Crippen LogP contribution in [0, 0.1) is 12.7 Å². The van der Waals surface area contributed by atoms with Gasteiger partial charge in [0.1, 0.15) is 16.6 Å². The van der Waals surface area contributed by atoms with Gasteiger partial charge in [-0.05, 0) is 67.9 Å². The summed E-state index contributed by atoms with van der Waals surface area (Å²) < 4.78 is 18.4. The van der Waals surface area contributed by atoms with Gasteiger partial charge in [-0.1, -0.05) is 11.8 Å². The van der Waals surface area contributed by atoms with Gasteiger partial charge in [0.15, 0.2) is 0 Å². The van der Waals surface area contributed by atoms with Crippen LogP contribution in [-0.2, 0) is 4.79 Å². The molecule has 3 rings (SSSR count). The molecule has 1 N–H and O–H groups in total. The Bertz CT molecular complexity index is 929. The van der Waals surface area contributed by atoms with E-state index in [2.05, 4.69) is 10.3 Å². The van der Waals surface area contributed by atoms with Crippen LogP contribution in [0.1, 0.15) is 12.5 Å². The van der Waals surface area contributed by atoms with E-state index < -0.39 is 0 Å². The second-order valence-corrected chi connectivity index (χ2v) is 6.71. The van der Waals surface area contributed by atoms with Crippen LogP contribution in [0.2, 0.25) is 0 Å². The Hall–Kier alpha value is -2.60. The van der Waals surface area contributed by atoms with Gasteiger partial charge in [0.05, 0.1) is 17.9 Å². The summed E-state index contributed by atoms with van der Waals surface area (Å²) in [5, 5.41) is 4.57. The summed E-state index contributed by atoms with van der Waals surface area (Å²) in [7, 11) is 0. The van der Waals surface area contributed by atoms with Crippen LogP contribution in [-0.4, -0.2) is 23.3 Å². The van der Waals surface area contributed by atoms with E-state index in [-0.39, 0.29) is 17.5 Å². The number of nitrogens with zero attached hydrogens (tertiary/aromatic N) is 1. The third kappa shape index (κ3) is 4.52. The summed E-state index contributed by atoms with van der Waals surface area (Å²) in [6.45, 7) is 4.54. The monoisotopic (exact) mass is 370 g/mol. The van der Waals surface area contributed by atoms with Gasteiger partial charge in [0.25, 0.3) is 0 Å². The van der Waals surface area contributed by atoms with Crippen molar-refractivity contribution in [3.63, 3.8) is 0 Å². The number of hydrogen-bond acceptors (Lipinski definition) is 4. The molecule has 3 aromatic rings. The molecule has 0 saturated carbocycles. The lowest BCUT2D eigenvalue weighted by molar-refractivity contribution is -0.113. The number of carbonyl (C=O) groups excluding carboxylic acids is 1. The van der Waals surface area contributed by atoms with Crippen LogP contribution in [0.25, 0.3) is 10.9 Å². The predicted octanol–water partition coefficient (Wildman–Crippen LogP) is 4.81. The van der Waals surface area contributed by atoms with E-state index in [1.165, 1.54) is 36.0 Å². The Labute approximate surface area is 155 Å². The van der Waals surface area contributed by atoms with Crippen molar-refractivity contribution in [1.82, 2.24) is 4.98 Å². The number of carbonyl (C=O) groups is 1. The maximum atomic E-state index is 12.9. The zero-order valence-electron chi connectivity index (χ0n) is 14.6. The van der Waals surface area contributed by atoms with Gasteiger partial charge in [-0.15, -0.1) is 0 Å². The molecule has 0 saturated heterocycles. The fourth-order valence-electron chi connectivity index (χ4n) is 2.51. The van der Waals surface area contributed by atoms with Crippen LogP contribution < -0.4 is 10.1 Å². The van der Waals surface area contributed by atoms with Crippen LogP contribution in [0.3, 0.4) is 0 Å². The number of hydrogen-bond donors (Lipinski definition) is 1. The number of ether oxygens (including phenoxy) is 1. The molecule has 0 aliphatic heterocycles. The van der Waals surface area contributed by atoms with Gasteiger partial charge in [-0.3, -0.25) is 4.79 Å². The molecule has 0 aliphatic rings. The molecule has 0 aliphatic carbocycles. The number of thioether (sulfide) groups is 1. The van der Waals surface area contributed by atoms with Crippen molar-refractivity contribution in [3.8, 4) is 5.75 Å². The summed E-state index contributed by atoms with van der Waals surface area (Å²) in [5.74, 6) is 0.559. The zero-order valence-corrected chi connectivity index (χ0v) is 15.4. The molecule has 0 radical (unpaired) electrons. The van der Waals surface area contributed by atoms with Crippen LogP contribution in [0.15, 0.2) is 53.6 Å². The van der Waals surface area contributed by atoms with E-state index in [0.717, 1.165) is 27.2 Å². The first-order valence-electron chi connectivity index (χ1n) is 8.27. The molecule has 0 spiro atoms. The average molecular weight is 370 g/mol. The second kappa shape index (κ2) is 8.19. The largest absolute Gasteiger partial charge is 0.494 e. The number of amides is 1. The van der Waals surface area contributed by atoms with E-state index in [1.54, 1.807) is 0 Å². The molecule has 0 bridgehead atoms. The highest BCUT2D eigenvalue weighted by Crippen LogP contribution is 2.27. The summed E-state index contributed by atoms with van der Waals surface area (Å²) in [6, 6.07) is 13.5. The number of aromatic nitrogens is 1. The number of fused-ring (bicyclic) bond motifs is 1. The molecule has 134 valence electrons. The molecule has 0 fully saturated rings. The smallest absolute Gasteiger partial charge is 0.234 e. The number of benzene rings is 2. The maximum absolute atomic E-state index is 12.9. The molecule has 0 unspecified atom stereocenters. The van der Waals surface area contributed by atoms with Crippen LogP contribution >= 0.6 is 11.8 Å². The van der Waals surface area contributed by atoms with E-state index in [4.69, 9.17) is 4.74 Å². The average Bonchev–Trinajstić information content (AvgIpc) is 2.62. The highest BCUT2D eigenvalue weighted by Gasteiger charge is 2.09. The Morgan fingerprint density at radius 2 is 1.96 bits per heavy atom. The van der Waals surface area contributed by atoms with E-state index in [1.807, 2.05) is 38.1 Å². The van der Waals surface area contributed by atoms with Crippen molar-refractivity contribution in [2.24, 2.45) is 0 Å². The Balaban J connectivity index is 1.68. The first-order valence-corrected chi connectivity index (χ1v) is 9.26. The fraction of sp³-hybridized carbons (Fsp3) is 0.200. The highest BCUT2D eigenvalue weighted by atomic mass is 32.2. The lowest BCUT2D eigenvalue weighted by Crippen LogP contribution is -2.14. The summed E-state index contributed by atoms with van der Waals surface area (Å²) >= 11 is 1.38. The number of halogens is 1. The summed E-state index contributed by atoms with van der Waals surface area (Å²) in [6.07, 6.45) is 0. The number of anilines is 1. The lowest BCUT2D eigenvalue weighted by atomic mass is 10.1. The van der Waals surface area contributed by atoms with E-state index in [0.29, 0.717) is 12.3 Å². The SMILES string of the molecule is CCOc1ccc2nc(SCC(=O)Nc3ccc(F)cc3)c(C)cc2c1. The molecule has 1 aromatic heterocycles. The van der Waals surface area contributed by atoms with Crippen molar-refractivity contribution in [2.75, 3.05) is 17.7 Å². The first-order chi connectivity index (χ1) is 12.5. The molecule has 6 heteroatoms. The van der Waals surface area contributed by atoms with Gasteiger partial charge in [0.2, 0.25) is 5.91 Å². The van der Waals surface area contributed by atoms with Gasteiger partial charge in [-0.25, -0.2) is 9.37 Å². The molecule has 2 aromatic carbocycles. The van der Waals surface area contributed by atoms with Crippen LogP contribution in [0.4, 0.5) is 10.1 Å². The molecule has 0 atom stereocenters. The zero-order chi connectivity index (χ0) is 18.5. The summed E-state index contributed by atoms with van der Waals surface area (Å²) in [5.41, 5.74) is 2.44. The molecular weight excluding hydrogens is 351 g/mol. The van der Waals surface area contributed by atoms with Gasteiger partial charge in [-0.2, -0.15) is 0 Å². The van der Waals surface area contributed by atoms with Gasteiger partial charge < -0.3 is 10.1 Å². The minimum atomic E-state index is -0.333. The number of nitrogens with one attached hydrogen (secondary N) is 1. The van der Waals surface area contributed by atoms with Gasteiger partial charge >= 0.3 is 0 Å². The molecular formula is C20H19FN2O2S. The maximum Gasteiger partial charge on any atom is 0.234 e. The van der Waals surface area contributed by atoms with E-state index in [9.17, 15) is 9.18 Å². The highest BCUT2D eigenvalue weighted by molar-refractivity contribution is 8.00. The third-order valence-corrected chi connectivity index (χ3v) is 4.80. The molecule has 4 nitrogen and oxygen atoms in total.